The van der Waals surface area contributed by atoms with Crippen LogP contribution < -0.4 is 0 Å². The zero-order chi connectivity index (χ0) is 12.1. The fourth-order valence-corrected chi connectivity index (χ4v) is 0.580. The van der Waals surface area contributed by atoms with Crippen LogP contribution in [0.5, 0.6) is 0 Å². The molecular formula is C10H24O5. The van der Waals surface area contributed by atoms with E-state index in [1.165, 1.54) is 0 Å². The Morgan fingerprint density at radius 3 is 1.73 bits per heavy atom. The van der Waals surface area contributed by atoms with Gasteiger partial charge in [-0.15, -0.1) is 0 Å². The summed E-state index contributed by atoms with van der Waals surface area (Å²) in [6.07, 6.45) is 0.825. The van der Waals surface area contributed by atoms with Gasteiger partial charge in [-0.25, -0.2) is 0 Å². The van der Waals surface area contributed by atoms with Crippen molar-refractivity contribution in [2.75, 3.05) is 26.4 Å². The number of aliphatic hydroxyl groups excluding tert-OH is 4. The van der Waals surface area contributed by atoms with Crippen LogP contribution in [0.4, 0.5) is 0 Å². The maximum atomic E-state index is 8.69. The van der Waals surface area contributed by atoms with Crippen molar-refractivity contribution in [2.45, 2.75) is 38.9 Å². The standard InChI is InChI=1S/C6H14O3.C4H10O2/c1-5(8)4-9-6(2)3-7;5-3-1-2-4-6/h5-8H,3-4H2,1-2H3;5-6H,1-4H2. The molecule has 5 heteroatoms. The normalized spacial score (nSPS) is 14.0. The zero-order valence-corrected chi connectivity index (χ0v) is 9.59. The van der Waals surface area contributed by atoms with Gasteiger partial charge in [0.05, 0.1) is 25.4 Å². The number of hydrogen-bond donors (Lipinski definition) is 4. The molecule has 0 rings (SSSR count). The summed E-state index contributed by atoms with van der Waals surface area (Å²) in [6, 6.07) is 0. The summed E-state index contributed by atoms with van der Waals surface area (Å²) < 4.78 is 4.95. The molecule has 94 valence electrons. The Kier molecular flexibility index (Phi) is 15.8. The Labute approximate surface area is 91.3 Å². The molecule has 0 saturated heterocycles. The molecule has 2 atom stereocenters. The average molecular weight is 224 g/mol. The highest BCUT2D eigenvalue weighted by molar-refractivity contribution is 4.47. The van der Waals surface area contributed by atoms with E-state index in [4.69, 9.17) is 25.2 Å². The van der Waals surface area contributed by atoms with Crippen molar-refractivity contribution in [2.24, 2.45) is 0 Å². The Balaban J connectivity index is 0. The number of aliphatic hydroxyl groups is 4. The molecule has 0 bridgehead atoms. The lowest BCUT2D eigenvalue weighted by Crippen LogP contribution is -2.19. The zero-order valence-electron chi connectivity index (χ0n) is 9.59. The van der Waals surface area contributed by atoms with Crippen LogP contribution >= 0.6 is 0 Å². The summed E-state index contributed by atoms with van der Waals surface area (Å²) in [5.41, 5.74) is 0. The molecule has 4 N–H and O–H groups in total. The molecule has 0 aromatic rings. The third kappa shape index (κ3) is 20.0. The van der Waals surface area contributed by atoms with Crippen molar-refractivity contribution in [1.82, 2.24) is 0 Å². The van der Waals surface area contributed by atoms with E-state index in [-0.39, 0.29) is 25.9 Å². The molecule has 0 radical (unpaired) electrons. The molecule has 0 saturated carbocycles. The topological polar surface area (TPSA) is 90.2 Å². The van der Waals surface area contributed by atoms with Crippen LogP contribution in [-0.2, 0) is 4.74 Å². The van der Waals surface area contributed by atoms with Crippen LogP contribution in [-0.4, -0.2) is 59.1 Å². The van der Waals surface area contributed by atoms with Crippen LogP contribution in [0.1, 0.15) is 26.7 Å². The second-order valence-corrected chi connectivity index (χ2v) is 3.33. The van der Waals surface area contributed by atoms with Crippen molar-refractivity contribution >= 4 is 0 Å². The third-order valence-corrected chi connectivity index (χ3v) is 1.45. The first kappa shape index (κ1) is 17.2. The summed E-state index contributed by atoms with van der Waals surface area (Å²) in [5.74, 6) is 0. The van der Waals surface area contributed by atoms with Gasteiger partial charge in [-0.3, -0.25) is 0 Å². The van der Waals surface area contributed by atoms with E-state index in [2.05, 4.69) is 0 Å². The summed E-state index contributed by atoms with van der Waals surface area (Å²) in [5, 5.41) is 33.3. The third-order valence-electron chi connectivity index (χ3n) is 1.45. The first-order chi connectivity index (χ1) is 7.08. The highest BCUT2D eigenvalue weighted by Crippen LogP contribution is 1.90. The van der Waals surface area contributed by atoms with Crippen LogP contribution in [0.25, 0.3) is 0 Å². The molecule has 0 spiro atoms. The summed E-state index contributed by atoms with van der Waals surface area (Å²) >= 11 is 0. The van der Waals surface area contributed by atoms with Crippen LogP contribution in [0.3, 0.4) is 0 Å². The molecular weight excluding hydrogens is 200 g/mol. The van der Waals surface area contributed by atoms with Gasteiger partial charge in [0.2, 0.25) is 0 Å². The lowest BCUT2D eigenvalue weighted by atomic mass is 10.3. The van der Waals surface area contributed by atoms with Crippen molar-refractivity contribution in [1.29, 1.82) is 0 Å². The second kappa shape index (κ2) is 13.8. The molecule has 0 aliphatic rings. The first-order valence-electron chi connectivity index (χ1n) is 5.20. The predicted molar refractivity (Wildman–Crippen MR) is 57.6 cm³/mol. The van der Waals surface area contributed by atoms with E-state index in [0.717, 1.165) is 12.8 Å². The van der Waals surface area contributed by atoms with E-state index in [0.29, 0.717) is 6.61 Å². The molecule has 5 nitrogen and oxygen atoms in total. The Hall–Kier alpha value is -0.200. The average Bonchev–Trinajstić information content (AvgIpc) is 2.23. The molecule has 0 aliphatic carbocycles. The maximum absolute atomic E-state index is 8.69. The lowest BCUT2D eigenvalue weighted by Gasteiger charge is -2.10. The molecule has 0 amide bonds. The molecule has 0 aliphatic heterocycles. The molecule has 15 heavy (non-hydrogen) atoms. The Morgan fingerprint density at radius 2 is 1.47 bits per heavy atom. The first-order valence-corrected chi connectivity index (χ1v) is 5.20. The quantitative estimate of drug-likeness (QED) is 0.438. The summed E-state index contributed by atoms with van der Waals surface area (Å²) in [4.78, 5) is 0. The van der Waals surface area contributed by atoms with Gasteiger partial charge in [0.1, 0.15) is 0 Å². The molecule has 2 unspecified atom stereocenters. The van der Waals surface area contributed by atoms with Gasteiger partial charge in [0, 0.05) is 13.2 Å². The minimum absolute atomic E-state index is 0.00667. The van der Waals surface area contributed by atoms with Gasteiger partial charge >= 0.3 is 0 Å². The van der Waals surface area contributed by atoms with E-state index in [1.807, 2.05) is 0 Å². The second-order valence-electron chi connectivity index (χ2n) is 3.33. The van der Waals surface area contributed by atoms with Gasteiger partial charge in [-0.1, -0.05) is 0 Å². The minimum Gasteiger partial charge on any atom is -0.396 e. The van der Waals surface area contributed by atoms with Crippen LogP contribution in [0.2, 0.25) is 0 Å². The summed E-state index contributed by atoms with van der Waals surface area (Å²) in [7, 11) is 0. The van der Waals surface area contributed by atoms with E-state index < -0.39 is 6.10 Å². The van der Waals surface area contributed by atoms with Crippen molar-refractivity contribution in [3.63, 3.8) is 0 Å². The molecule has 0 aromatic carbocycles. The predicted octanol–water partition coefficient (Wildman–Crippen LogP) is -0.484. The van der Waals surface area contributed by atoms with E-state index in [9.17, 15) is 0 Å². The lowest BCUT2D eigenvalue weighted by molar-refractivity contribution is -0.0177. The summed E-state index contributed by atoms with van der Waals surface area (Å²) in [6.45, 7) is 4.09. The Bertz CT molecular complexity index is 104. The SMILES string of the molecule is CC(O)COC(C)CO.OCCCCO. The van der Waals surface area contributed by atoms with Crippen molar-refractivity contribution in [3.8, 4) is 0 Å². The van der Waals surface area contributed by atoms with Crippen LogP contribution in [0, 0.1) is 0 Å². The fraction of sp³-hybridized carbons (Fsp3) is 1.00. The van der Waals surface area contributed by atoms with Crippen molar-refractivity contribution < 1.29 is 25.2 Å². The smallest absolute Gasteiger partial charge is 0.0779 e. The van der Waals surface area contributed by atoms with E-state index >= 15 is 0 Å². The highest BCUT2D eigenvalue weighted by Gasteiger charge is 2.00. The molecule has 0 aromatic heterocycles. The van der Waals surface area contributed by atoms with E-state index in [1.54, 1.807) is 13.8 Å². The monoisotopic (exact) mass is 224 g/mol. The highest BCUT2D eigenvalue weighted by atomic mass is 16.5. The van der Waals surface area contributed by atoms with Gasteiger partial charge in [0.15, 0.2) is 0 Å². The number of hydrogen-bond acceptors (Lipinski definition) is 5. The number of ether oxygens (including phenoxy) is 1. The Morgan fingerprint density at radius 1 is 1.00 bits per heavy atom. The van der Waals surface area contributed by atoms with Gasteiger partial charge in [0.25, 0.3) is 0 Å². The molecule has 0 heterocycles. The van der Waals surface area contributed by atoms with Gasteiger partial charge in [-0.05, 0) is 26.7 Å². The van der Waals surface area contributed by atoms with Crippen LogP contribution in [0.15, 0.2) is 0 Å². The fourth-order valence-electron chi connectivity index (χ4n) is 0.580. The number of rotatable bonds is 7. The van der Waals surface area contributed by atoms with Gasteiger partial charge in [-0.2, -0.15) is 0 Å². The van der Waals surface area contributed by atoms with Crippen molar-refractivity contribution in [3.05, 3.63) is 0 Å². The minimum atomic E-state index is -0.445. The largest absolute Gasteiger partial charge is 0.396 e. The maximum Gasteiger partial charge on any atom is 0.0779 e. The van der Waals surface area contributed by atoms with Gasteiger partial charge < -0.3 is 25.2 Å². The molecule has 0 fully saturated rings. The number of unbranched alkanes of at least 4 members (excludes halogenated alkanes) is 1.